The summed E-state index contributed by atoms with van der Waals surface area (Å²) in [6, 6.07) is 11.6. The van der Waals surface area contributed by atoms with Crippen molar-refractivity contribution in [3.8, 4) is 5.75 Å². The van der Waals surface area contributed by atoms with E-state index in [2.05, 4.69) is 32.6 Å². The Balaban J connectivity index is 2.38. The molecule has 26 heavy (non-hydrogen) atoms. The van der Waals surface area contributed by atoms with Crippen molar-refractivity contribution in [3.05, 3.63) is 51.6 Å². The topological polar surface area (TPSA) is 84.5 Å². The highest BCUT2D eigenvalue weighted by Gasteiger charge is 2.26. The molecule has 0 radical (unpaired) electrons. The molecule has 0 bridgehead atoms. The van der Waals surface area contributed by atoms with Crippen LogP contribution in [0.15, 0.2) is 47.4 Å². The van der Waals surface area contributed by atoms with E-state index < -0.39 is 21.5 Å². The van der Waals surface area contributed by atoms with Crippen LogP contribution in [0.4, 0.5) is 5.69 Å². The summed E-state index contributed by atoms with van der Waals surface area (Å²) < 4.78 is 34.1. The first-order valence-corrected chi connectivity index (χ1v) is 10.4. The van der Waals surface area contributed by atoms with Gasteiger partial charge in [-0.25, -0.2) is 13.1 Å². The highest BCUT2D eigenvalue weighted by Crippen LogP contribution is 2.26. The van der Waals surface area contributed by atoms with Crippen LogP contribution in [0.2, 0.25) is 0 Å². The Labute approximate surface area is 167 Å². The molecule has 0 aromatic heterocycles. The van der Waals surface area contributed by atoms with Gasteiger partial charge in [0.2, 0.25) is 10.0 Å². The summed E-state index contributed by atoms with van der Waals surface area (Å²) in [6.45, 7) is 5.22. The number of nitrogens with one attached hydrogen (secondary N) is 2. The quantitative estimate of drug-likeness (QED) is 0.630. The zero-order chi connectivity index (χ0) is 19.5. The molecule has 0 unspecified atom stereocenters. The first-order valence-electron chi connectivity index (χ1n) is 7.81. The van der Waals surface area contributed by atoms with Crippen molar-refractivity contribution in [1.82, 2.24) is 4.72 Å². The second-order valence-corrected chi connectivity index (χ2v) is 9.58. The SMILES string of the molecule is COc1ccc(C(=O)Nc2cccc(I)c2)cc1S(=O)(=O)NC(C)(C)C. The van der Waals surface area contributed by atoms with Crippen molar-refractivity contribution in [3.63, 3.8) is 0 Å². The van der Waals surface area contributed by atoms with E-state index in [-0.39, 0.29) is 16.2 Å². The Morgan fingerprint density at radius 1 is 1.12 bits per heavy atom. The van der Waals surface area contributed by atoms with Crippen molar-refractivity contribution in [2.45, 2.75) is 31.2 Å². The van der Waals surface area contributed by atoms with Gasteiger partial charge in [-0.15, -0.1) is 0 Å². The zero-order valence-corrected chi connectivity index (χ0v) is 17.9. The van der Waals surface area contributed by atoms with E-state index in [4.69, 9.17) is 4.74 Å². The number of hydrogen-bond acceptors (Lipinski definition) is 4. The van der Waals surface area contributed by atoms with Crippen LogP contribution in [0.25, 0.3) is 0 Å². The zero-order valence-electron chi connectivity index (χ0n) is 15.0. The van der Waals surface area contributed by atoms with Gasteiger partial charge >= 0.3 is 0 Å². The Kier molecular flexibility index (Phi) is 6.30. The number of sulfonamides is 1. The molecule has 8 heteroatoms. The van der Waals surface area contributed by atoms with Crippen LogP contribution in [-0.2, 0) is 10.0 Å². The summed E-state index contributed by atoms with van der Waals surface area (Å²) in [5.41, 5.74) is 0.192. The van der Waals surface area contributed by atoms with Crippen LogP contribution in [0.3, 0.4) is 0 Å². The van der Waals surface area contributed by atoms with Crippen LogP contribution in [-0.4, -0.2) is 27.0 Å². The van der Waals surface area contributed by atoms with Crippen LogP contribution < -0.4 is 14.8 Å². The van der Waals surface area contributed by atoms with E-state index >= 15 is 0 Å². The molecule has 2 N–H and O–H groups in total. The maximum Gasteiger partial charge on any atom is 0.255 e. The minimum atomic E-state index is -3.85. The molecule has 2 rings (SSSR count). The lowest BCUT2D eigenvalue weighted by molar-refractivity contribution is 0.102. The van der Waals surface area contributed by atoms with Crippen molar-refractivity contribution < 1.29 is 17.9 Å². The van der Waals surface area contributed by atoms with Gasteiger partial charge in [-0.05, 0) is 79.8 Å². The Morgan fingerprint density at radius 2 is 1.81 bits per heavy atom. The molecule has 0 atom stereocenters. The van der Waals surface area contributed by atoms with Gasteiger partial charge in [-0.2, -0.15) is 0 Å². The summed E-state index contributed by atoms with van der Waals surface area (Å²) >= 11 is 2.15. The average molecular weight is 488 g/mol. The predicted molar refractivity (Wildman–Crippen MR) is 110 cm³/mol. The number of carbonyl (C=O) groups is 1. The smallest absolute Gasteiger partial charge is 0.255 e. The second kappa shape index (κ2) is 7.93. The Bertz CT molecular complexity index is 921. The summed E-state index contributed by atoms with van der Waals surface area (Å²) in [5.74, 6) is -0.227. The number of carbonyl (C=O) groups excluding carboxylic acids is 1. The summed E-state index contributed by atoms with van der Waals surface area (Å²) in [4.78, 5) is 12.4. The lowest BCUT2D eigenvalue weighted by atomic mass is 10.1. The maximum absolute atomic E-state index is 12.7. The molecular formula is C18H21IN2O4S. The van der Waals surface area contributed by atoms with Gasteiger partial charge in [-0.1, -0.05) is 6.07 Å². The van der Waals surface area contributed by atoms with Crippen LogP contribution in [0.1, 0.15) is 31.1 Å². The minimum Gasteiger partial charge on any atom is -0.495 e. The number of ether oxygens (including phenoxy) is 1. The molecule has 2 aromatic rings. The molecule has 0 heterocycles. The molecule has 0 fully saturated rings. The number of hydrogen-bond donors (Lipinski definition) is 2. The van der Waals surface area contributed by atoms with E-state index in [1.165, 1.54) is 25.3 Å². The number of amides is 1. The summed E-state index contributed by atoms with van der Waals surface area (Å²) in [6.07, 6.45) is 0. The number of halogens is 1. The third-order valence-electron chi connectivity index (χ3n) is 3.24. The molecule has 2 aromatic carbocycles. The average Bonchev–Trinajstić information content (AvgIpc) is 2.52. The van der Waals surface area contributed by atoms with Gasteiger partial charge in [0.25, 0.3) is 5.91 Å². The maximum atomic E-state index is 12.7. The third kappa shape index (κ3) is 5.42. The van der Waals surface area contributed by atoms with Crippen molar-refractivity contribution >= 4 is 44.2 Å². The summed E-state index contributed by atoms with van der Waals surface area (Å²) in [5, 5.41) is 2.76. The molecule has 1 amide bonds. The molecule has 140 valence electrons. The summed E-state index contributed by atoms with van der Waals surface area (Å²) in [7, 11) is -2.47. The van der Waals surface area contributed by atoms with E-state index in [9.17, 15) is 13.2 Å². The lowest BCUT2D eigenvalue weighted by Gasteiger charge is -2.21. The Hall–Kier alpha value is -1.65. The van der Waals surface area contributed by atoms with Crippen molar-refractivity contribution in [2.24, 2.45) is 0 Å². The molecule has 0 saturated carbocycles. The number of methoxy groups -OCH3 is 1. The van der Waals surface area contributed by atoms with E-state index in [1.54, 1.807) is 26.8 Å². The van der Waals surface area contributed by atoms with E-state index in [0.717, 1.165) is 3.57 Å². The highest BCUT2D eigenvalue weighted by molar-refractivity contribution is 14.1. The number of anilines is 1. The largest absolute Gasteiger partial charge is 0.495 e. The van der Waals surface area contributed by atoms with Crippen LogP contribution in [0.5, 0.6) is 5.75 Å². The fourth-order valence-electron chi connectivity index (χ4n) is 2.26. The molecule has 0 aliphatic heterocycles. The highest BCUT2D eigenvalue weighted by atomic mass is 127. The standard InChI is InChI=1S/C18H21IN2O4S/c1-18(2,3)21-26(23,24)16-10-12(8-9-15(16)25-4)17(22)20-14-7-5-6-13(19)11-14/h5-11,21H,1-4H3,(H,20,22). The molecule has 0 spiro atoms. The molecule has 0 aliphatic carbocycles. The van der Waals surface area contributed by atoms with E-state index in [0.29, 0.717) is 5.69 Å². The van der Waals surface area contributed by atoms with Gasteiger partial charge in [0, 0.05) is 20.4 Å². The lowest BCUT2D eigenvalue weighted by Crippen LogP contribution is -2.40. The minimum absolute atomic E-state index is 0.0785. The van der Waals surface area contributed by atoms with Gasteiger partial charge in [0.15, 0.2) is 0 Å². The molecular weight excluding hydrogens is 467 g/mol. The number of rotatable bonds is 5. The fourth-order valence-corrected chi connectivity index (χ4v) is 4.41. The van der Waals surface area contributed by atoms with Gasteiger partial charge < -0.3 is 10.1 Å². The van der Waals surface area contributed by atoms with Crippen molar-refractivity contribution in [1.29, 1.82) is 0 Å². The van der Waals surface area contributed by atoms with Crippen LogP contribution in [0, 0.1) is 3.57 Å². The third-order valence-corrected chi connectivity index (χ3v) is 5.69. The van der Waals surface area contributed by atoms with Crippen molar-refractivity contribution in [2.75, 3.05) is 12.4 Å². The van der Waals surface area contributed by atoms with E-state index in [1.807, 2.05) is 18.2 Å². The molecule has 6 nitrogen and oxygen atoms in total. The second-order valence-electron chi connectivity index (χ2n) is 6.69. The van der Waals surface area contributed by atoms with Gasteiger partial charge in [0.05, 0.1) is 7.11 Å². The van der Waals surface area contributed by atoms with Gasteiger partial charge in [-0.3, -0.25) is 4.79 Å². The molecule has 0 saturated heterocycles. The van der Waals surface area contributed by atoms with Gasteiger partial charge in [0.1, 0.15) is 10.6 Å². The normalized spacial score (nSPS) is 11.9. The first-order chi connectivity index (χ1) is 12.0. The fraction of sp³-hybridized carbons (Fsp3) is 0.278. The first kappa shape index (κ1) is 20.7. The Morgan fingerprint density at radius 3 is 2.38 bits per heavy atom. The molecule has 0 aliphatic rings. The number of benzene rings is 2. The monoisotopic (exact) mass is 488 g/mol. The predicted octanol–water partition coefficient (Wildman–Crippen LogP) is 3.63. The van der Waals surface area contributed by atoms with Crippen LogP contribution >= 0.6 is 22.6 Å².